The van der Waals surface area contributed by atoms with Gasteiger partial charge in [0.05, 0.1) is 12.1 Å². The highest BCUT2D eigenvalue weighted by Crippen LogP contribution is 2.31. The summed E-state index contributed by atoms with van der Waals surface area (Å²) in [5, 5.41) is 12.8. The average Bonchev–Trinajstić information content (AvgIpc) is 2.75. The molecule has 1 aromatic heterocycles. The maximum atomic E-state index is 13.0. The van der Waals surface area contributed by atoms with Crippen LogP contribution in [0.1, 0.15) is 27.5 Å². The SMILES string of the molecule is O=C(N[C@H]1c2ccccc2C[C@H]1O)c1ccnc(F)c1. The van der Waals surface area contributed by atoms with E-state index in [4.69, 9.17) is 0 Å². The van der Waals surface area contributed by atoms with Gasteiger partial charge in [0.1, 0.15) is 0 Å². The molecule has 20 heavy (non-hydrogen) atoms. The van der Waals surface area contributed by atoms with E-state index in [0.717, 1.165) is 17.2 Å². The maximum absolute atomic E-state index is 13.0. The van der Waals surface area contributed by atoms with E-state index >= 15 is 0 Å². The van der Waals surface area contributed by atoms with Gasteiger partial charge in [0.2, 0.25) is 5.95 Å². The molecule has 0 bridgehead atoms. The Morgan fingerprint density at radius 3 is 2.95 bits per heavy atom. The van der Waals surface area contributed by atoms with Crippen LogP contribution in [-0.4, -0.2) is 22.1 Å². The van der Waals surface area contributed by atoms with Crippen LogP contribution in [-0.2, 0) is 6.42 Å². The van der Waals surface area contributed by atoms with Crippen molar-refractivity contribution >= 4 is 5.91 Å². The monoisotopic (exact) mass is 272 g/mol. The number of nitrogens with zero attached hydrogens (tertiary/aromatic N) is 1. The number of benzene rings is 1. The molecule has 0 aliphatic heterocycles. The number of carbonyl (C=O) groups excluding carboxylic acids is 1. The Morgan fingerprint density at radius 2 is 2.15 bits per heavy atom. The van der Waals surface area contributed by atoms with Crippen LogP contribution >= 0.6 is 0 Å². The smallest absolute Gasteiger partial charge is 0.252 e. The molecule has 1 aromatic carbocycles. The summed E-state index contributed by atoms with van der Waals surface area (Å²) >= 11 is 0. The number of amides is 1. The molecule has 0 spiro atoms. The van der Waals surface area contributed by atoms with Crippen molar-refractivity contribution in [3.63, 3.8) is 0 Å². The third-order valence-corrected chi connectivity index (χ3v) is 3.48. The minimum atomic E-state index is -0.704. The molecular formula is C15H13FN2O2. The van der Waals surface area contributed by atoms with Gasteiger partial charge in [-0.25, -0.2) is 4.98 Å². The molecule has 0 saturated carbocycles. The van der Waals surface area contributed by atoms with Crippen molar-refractivity contribution in [2.45, 2.75) is 18.6 Å². The van der Waals surface area contributed by atoms with Gasteiger partial charge in [-0.1, -0.05) is 24.3 Å². The molecule has 5 heteroatoms. The van der Waals surface area contributed by atoms with E-state index in [9.17, 15) is 14.3 Å². The number of hydrogen-bond acceptors (Lipinski definition) is 3. The van der Waals surface area contributed by atoms with E-state index in [2.05, 4.69) is 10.3 Å². The van der Waals surface area contributed by atoms with Crippen molar-refractivity contribution < 1.29 is 14.3 Å². The van der Waals surface area contributed by atoms with Crippen molar-refractivity contribution in [2.75, 3.05) is 0 Å². The van der Waals surface area contributed by atoms with Gasteiger partial charge in [0, 0.05) is 24.2 Å². The Kier molecular flexibility index (Phi) is 3.20. The zero-order valence-electron chi connectivity index (χ0n) is 10.6. The molecule has 1 amide bonds. The number of pyridine rings is 1. The highest BCUT2D eigenvalue weighted by Gasteiger charge is 2.32. The molecule has 2 atom stereocenters. The summed E-state index contributed by atoms with van der Waals surface area (Å²) in [6.45, 7) is 0. The van der Waals surface area contributed by atoms with Crippen LogP contribution in [0.25, 0.3) is 0 Å². The van der Waals surface area contributed by atoms with E-state index in [1.54, 1.807) is 0 Å². The quantitative estimate of drug-likeness (QED) is 0.816. The topological polar surface area (TPSA) is 62.2 Å². The summed E-state index contributed by atoms with van der Waals surface area (Å²) in [6.07, 6.45) is 1.08. The van der Waals surface area contributed by atoms with Crippen LogP contribution in [0.5, 0.6) is 0 Å². The molecule has 2 N–H and O–H groups in total. The summed E-state index contributed by atoms with van der Waals surface area (Å²) in [5.41, 5.74) is 2.11. The van der Waals surface area contributed by atoms with Crippen LogP contribution < -0.4 is 5.32 Å². The Bertz CT molecular complexity index is 660. The minimum Gasteiger partial charge on any atom is -0.390 e. The summed E-state index contributed by atoms with van der Waals surface area (Å²) < 4.78 is 13.0. The lowest BCUT2D eigenvalue weighted by atomic mass is 10.1. The van der Waals surface area contributed by atoms with E-state index in [-0.39, 0.29) is 5.56 Å². The van der Waals surface area contributed by atoms with Crippen LogP contribution in [0.15, 0.2) is 42.6 Å². The zero-order chi connectivity index (χ0) is 14.1. The fourth-order valence-corrected chi connectivity index (χ4v) is 2.52. The van der Waals surface area contributed by atoms with Crippen LogP contribution in [0.4, 0.5) is 4.39 Å². The highest BCUT2D eigenvalue weighted by molar-refractivity contribution is 5.94. The minimum absolute atomic E-state index is 0.189. The number of rotatable bonds is 2. The molecular weight excluding hydrogens is 259 g/mol. The molecule has 2 aromatic rings. The molecule has 1 heterocycles. The predicted octanol–water partition coefficient (Wildman–Crippen LogP) is 1.61. The van der Waals surface area contributed by atoms with Crippen molar-refractivity contribution in [1.82, 2.24) is 10.3 Å². The number of aliphatic hydroxyl groups excluding tert-OH is 1. The average molecular weight is 272 g/mol. The number of hydrogen-bond donors (Lipinski definition) is 2. The second kappa shape index (κ2) is 5.02. The summed E-state index contributed by atoms with van der Waals surface area (Å²) in [5.74, 6) is -1.13. The molecule has 0 radical (unpaired) electrons. The van der Waals surface area contributed by atoms with Crippen molar-refractivity contribution in [2.24, 2.45) is 0 Å². The Hall–Kier alpha value is -2.27. The van der Waals surface area contributed by atoms with E-state index in [1.807, 2.05) is 24.3 Å². The molecule has 0 fully saturated rings. The van der Waals surface area contributed by atoms with Crippen molar-refractivity contribution in [1.29, 1.82) is 0 Å². The molecule has 3 rings (SSSR count). The summed E-state index contributed by atoms with van der Waals surface area (Å²) in [7, 11) is 0. The van der Waals surface area contributed by atoms with E-state index in [0.29, 0.717) is 6.42 Å². The molecule has 102 valence electrons. The molecule has 0 unspecified atom stereocenters. The predicted molar refractivity (Wildman–Crippen MR) is 70.6 cm³/mol. The second-order valence-electron chi connectivity index (χ2n) is 4.79. The number of fused-ring (bicyclic) bond motifs is 1. The van der Waals surface area contributed by atoms with Gasteiger partial charge in [-0.2, -0.15) is 4.39 Å². The van der Waals surface area contributed by atoms with Gasteiger partial charge in [-0.3, -0.25) is 4.79 Å². The lowest BCUT2D eigenvalue weighted by molar-refractivity contribution is 0.0857. The molecule has 1 aliphatic carbocycles. The first kappa shape index (κ1) is 12.7. The first-order valence-corrected chi connectivity index (χ1v) is 6.33. The fraction of sp³-hybridized carbons (Fsp3) is 0.200. The Labute approximate surface area is 115 Å². The van der Waals surface area contributed by atoms with Gasteiger partial charge in [0.15, 0.2) is 0 Å². The van der Waals surface area contributed by atoms with Gasteiger partial charge in [-0.05, 0) is 17.2 Å². The van der Waals surface area contributed by atoms with E-state index < -0.39 is 24.0 Å². The lowest BCUT2D eigenvalue weighted by Crippen LogP contribution is -2.33. The maximum Gasteiger partial charge on any atom is 0.252 e. The third-order valence-electron chi connectivity index (χ3n) is 3.48. The number of halogens is 1. The fourth-order valence-electron chi connectivity index (χ4n) is 2.52. The first-order valence-electron chi connectivity index (χ1n) is 6.33. The zero-order valence-corrected chi connectivity index (χ0v) is 10.6. The standard InChI is InChI=1S/C15H13FN2O2/c16-13-8-10(5-6-17-13)15(20)18-14-11-4-2-1-3-9(11)7-12(14)19/h1-6,8,12,14,19H,7H2,(H,18,20)/t12-,14+/m1/s1. The largest absolute Gasteiger partial charge is 0.390 e. The molecule has 1 aliphatic rings. The second-order valence-corrected chi connectivity index (χ2v) is 4.79. The Balaban J connectivity index is 1.83. The lowest BCUT2D eigenvalue weighted by Gasteiger charge is -2.17. The first-order chi connectivity index (χ1) is 9.65. The van der Waals surface area contributed by atoms with Gasteiger partial charge in [-0.15, -0.1) is 0 Å². The third kappa shape index (κ3) is 2.28. The summed E-state index contributed by atoms with van der Waals surface area (Å²) in [6, 6.07) is 9.61. The number of carbonyl (C=O) groups is 1. The van der Waals surface area contributed by atoms with Crippen molar-refractivity contribution in [3.8, 4) is 0 Å². The van der Waals surface area contributed by atoms with Gasteiger partial charge >= 0.3 is 0 Å². The van der Waals surface area contributed by atoms with Crippen LogP contribution in [0, 0.1) is 5.95 Å². The molecule has 0 saturated heterocycles. The van der Waals surface area contributed by atoms with Gasteiger partial charge in [0.25, 0.3) is 5.91 Å². The van der Waals surface area contributed by atoms with Crippen LogP contribution in [0.3, 0.4) is 0 Å². The number of nitrogens with one attached hydrogen (secondary N) is 1. The van der Waals surface area contributed by atoms with Crippen LogP contribution in [0.2, 0.25) is 0 Å². The normalized spacial score (nSPS) is 20.5. The van der Waals surface area contributed by atoms with Gasteiger partial charge < -0.3 is 10.4 Å². The Morgan fingerprint density at radius 1 is 1.35 bits per heavy atom. The van der Waals surface area contributed by atoms with Crippen molar-refractivity contribution in [3.05, 3.63) is 65.2 Å². The summed E-state index contributed by atoms with van der Waals surface area (Å²) in [4.78, 5) is 15.5. The van der Waals surface area contributed by atoms with E-state index in [1.165, 1.54) is 12.3 Å². The number of aliphatic hydroxyl groups is 1. The number of aromatic nitrogens is 1. The highest BCUT2D eigenvalue weighted by atomic mass is 19.1. The molecule has 4 nitrogen and oxygen atoms in total.